The fourth-order valence-corrected chi connectivity index (χ4v) is 14.0. The molecular formula is C99H182O18. The van der Waals surface area contributed by atoms with E-state index in [1.54, 1.807) is 0 Å². The van der Waals surface area contributed by atoms with Gasteiger partial charge in [0.25, 0.3) is 0 Å². The molecule has 7 atom stereocenters. The molecule has 0 fully saturated rings. The van der Waals surface area contributed by atoms with E-state index in [0.717, 1.165) is 283 Å². The Balaban J connectivity index is 0. The highest BCUT2D eigenvalue weighted by Crippen LogP contribution is 2.22. The Morgan fingerprint density at radius 2 is 0.453 bits per heavy atom. The molecule has 0 bridgehead atoms. The van der Waals surface area contributed by atoms with E-state index in [4.69, 9.17) is 54.0 Å². The van der Waals surface area contributed by atoms with Gasteiger partial charge < -0.3 is 64.2 Å². The van der Waals surface area contributed by atoms with Crippen LogP contribution < -0.4 is 0 Å². The smallest absolute Gasteiger partial charge is 0.306 e. The molecule has 0 amide bonds. The maximum Gasteiger partial charge on any atom is 0.306 e. The second kappa shape index (κ2) is 92.4. The molecule has 0 heterocycles. The third-order valence-electron chi connectivity index (χ3n) is 21.4. The number of carboxylic acids is 1. The lowest BCUT2D eigenvalue weighted by Crippen LogP contribution is -2.28. The minimum Gasteiger partial charge on any atom is -0.481 e. The second-order valence-corrected chi connectivity index (χ2v) is 33.2. The lowest BCUT2D eigenvalue weighted by Gasteiger charge is -2.17. The Hall–Kier alpha value is -4.27. The zero-order chi connectivity index (χ0) is 86.0. The van der Waals surface area contributed by atoms with Gasteiger partial charge in [0.05, 0.1) is 45.7 Å². The number of unbranched alkanes of at least 4 members (excludes halogenated alkanes) is 40. The third-order valence-corrected chi connectivity index (χ3v) is 21.4. The van der Waals surface area contributed by atoms with Crippen LogP contribution in [0.1, 0.15) is 452 Å². The van der Waals surface area contributed by atoms with Gasteiger partial charge in [0.1, 0.15) is 42.7 Å². The molecule has 0 saturated carbocycles. The first-order chi connectivity index (χ1) is 57.1. The average Bonchev–Trinajstić information content (AvgIpc) is 0.978. The van der Waals surface area contributed by atoms with E-state index in [1.165, 1.54) is 103 Å². The van der Waals surface area contributed by atoms with Gasteiger partial charge in [-0.2, -0.15) is 0 Å². The lowest BCUT2D eigenvalue weighted by atomic mass is 10.0. The minimum atomic E-state index is -0.954. The van der Waals surface area contributed by atoms with Crippen molar-refractivity contribution in [3.8, 4) is 0 Å². The number of esters is 4. The van der Waals surface area contributed by atoms with Gasteiger partial charge in [0.15, 0.2) is 0 Å². The molecule has 0 aromatic carbocycles. The van der Waals surface area contributed by atoms with Crippen LogP contribution in [0.4, 0.5) is 0 Å². The van der Waals surface area contributed by atoms with E-state index in [-0.39, 0.29) is 87.2 Å². The number of carboxylic acid groups (broad SMARTS) is 1. The molecule has 0 aromatic heterocycles. The molecule has 18 nitrogen and oxygen atoms in total. The molecule has 0 aromatic rings. The topological polar surface area (TPSA) is 282 Å². The van der Waals surface area contributed by atoms with E-state index in [1.807, 2.05) is 0 Å². The SMILES string of the molecule is CCCCCCC(O)C/C=C\CCCCCCCC(=O)OC(C/C=C\CCCCCCCC(=O)OC(C/C=C\CCCCCCCC(=O)OC(C/C=C\CCCCCCCC(=O)OC(C/C=C\CCCCCCCC(=O)O)CCCCCC)CCCCCC)CCCCCC)CCCCCC.OCC(O)COCC(O)COCC(O)CO. The Morgan fingerprint density at radius 3 is 0.701 bits per heavy atom. The number of aliphatic carboxylic acids is 1. The van der Waals surface area contributed by atoms with Crippen molar-refractivity contribution < 1.29 is 88.1 Å². The van der Waals surface area contributed by atoms with Gasteiger partial charge in [0, 0.05) is 57.8 Å². The molecular weight excluding hydrogens is 1480 g/mol. The van der Waals surface area contributed by atoms with Crippen LogP contribution in [0.2, 0.25) is 0 Å². The fraction of sp³-hybridized carbons (Fsp3) is 0.848. The summed E-state index contributed by atoms with van der Waals surface area (Å²) in [5.41, 5.74) is 0. The van der Waals surface area contributed by atoms with E-state index >= 15 is 0 Å². The van der Waals surface area contributed by atoms with Crippen molar-refractivity contribution in [2.75, 3.05) is 39.6 Å². The predicted octanol–water partition coefficient (Wildman–Crippen LogP) is 24.4. The van der Waals surface area contributed by atoms with E-state index < -0.39 is 37.5 Å². The van der Waals surface area contributed by atoms with E-state index in [9.17, 15) is 34.2 Å². The van der Waals surface area contributed by atoms with E-state index in [2.05, 4.69) is 95.4 Å². The van der Waals surface area contributed by atoms with E-state index in [0.29, 0.717) is 25.7 Å². The Morgan fingerprint density at radius 1 is 0.239 bits per heavy atom. The molecule has 686 valence electrons. The van der Waals surface area contributed by atoms with Crippen LogP contribution in [0.15, 0.2) is 60.8 Å². The van der Waals surface area contributed by atoms with Crippen LogP contribution in [0, 0.1) is 0 Å². The zero-order valence-electron chi connectivity index (χ0n) is 75.7. The van der Waals surface area contributed by atoms with Gasteiger partial charge in [-0.15, -0.1) is 0 Å². The molecule has 0 aliphatic rings. The molecule has 0 aliphatic heterocycles. The Labute approximate surface area is 715 Å². The highest BCUT2D eigenvalue weighted by molar-refractivity contribution is 5.70. The number of aliphatic hydroxyl groups excluding tert-OH is 6. The Bertz CT molecular complexity index is 2290. The number of ether oxygens (including phenoxy) is 6. The number of rotatable bonds is 89. The maximum absolute atomic E-state index is 13.0. The fourth-order valence-electron chi connectivity index (χ4n) is 14.0. The van der Waals surface area contributed by atoms with Crippen molar-refractivity contribution >= 4 is 29.8 Å². The van der Waals surface area contributed by atoms with Crippen molar-refractivity contribution in [1.82, 2.24) is 0 Å². The molecule has 0 spiro atoms. The normalized spacial score (nSPS) is 14.0. The van der Waals surface area contributed by atoms with Crippen LogP contribution in [-0.4, -0.2) is 154 Å². The van der Waals surface area contributed by atoms with Crippen molar-refractivity contribution in [2.45, 2.75) is 501 Å². The van der Waals surface area contributed by atoms with Crippen molar-refractivity contribution in [1.29, 1.82) is 0 Å². The summed E-state index contributed by atoms with van der Waals surface area (Å²) in [6, 6.07) is 0. The highest BCUT2D eigenvalue weighted by Gasteiger charge is 2.19. The first kappa shape index (κ1) is 115. The molecule has 0 saturated heterocycles. The van der Waals surface area contributed by atoms with Gasteiger partial charge in [0.2, 0.25) is 0 Å². The summed E-state index contributed by atoms with van der Waals surface area (Å²) in [5, 5.41) is 63.0. The number of hydrogen-bond acceptors (Lipinski definition) is 17. The van der Waals surface area contributed by atoms with Crippen LogP contribution in [-0.2, 0) is 52.4 Å². The zero-order valence-corrected chi connectivity index (χ0v) is 75.7. The quantitative estimate of drug-likeness (QED) is 0.0129. The van der Waals surface area contributed by atoms with Gasteiger partial charge in [-0.05, 0) is 161 Å². The molecule has 0 radical (unpaired) electrons. The summed E-state index contributed by atoms with van der Waals surface area (Å²) >= 11 is 0. The summed E-state index contributed by atoms with van der Waals surface area (Å²) < 4.78 is 33.9. The number of allylic oxidation sites excluding steroid dienone is 5. The van der Waals surface area contributed by atoms with Crippen LogP contribution in [0.3, 0.4) is 0 Å². The number of carbonyl (C=O) groups is 5. The summed E-state index contributed by atoms with van der Waals surface area (Å²) in [6.07, 6.45) is 84.9. The molecule has 18 heteroatoms. The number of carbonyl (C=O) groups excluding carboxylic acids is 4. The minimum absolute atomic E-state index is 0.0323. The monoisotopic (exact) mass is 1660 g/mol. The van der Waals surface area contributed by atoms with Crippen molar-refractivity contribution in [3.63, 3.8) is 0 Å². The molecule has 0 rings (SSSR count). The maximum atomic E-state index is 13.0. The van der Waals surface area contributed by atoms with Crippen molar-refractivity contribution in [2.24, 2.45) is 0 Å². The van der Waals surface area contributed by atoms with Crippen LogP contribution >= 0.6 is 0 Å². The highest BCUT2D eigenvalue weighted by atomic mass is 16.6. The number of hydrogen-bond donors (Lipinski definition) is 7. The average molecular weight is 1660 g/mol. The van der Waals surface area contributed by atoms with Crippen LogP contribution in [0.25, 0.3) is 0 Å². The molecule has 7 N–H and O–H groups in total. The lowest BCUT2D eigenvalue weighted by molar-refractivity contribution is -0.150. The molecule has 7 unspecified atom stereocenters. The summed E-state index contributed by atoms with van der Waals surface area (Å²) in [5.74, 6) is -0.930. The molecule has 117 heavy (non-hydrogen) atoms. The summed E-state index contributed by atoms with van der Waals surface area (Å²) in [6.45, 7) is 10.1. The van der Waals surface area contributed by atoms with Gasteiger partial charge in [-0.1, -0.05) is 294 Å². The van der Waals surface area contributed by atoms with Gasteiger partial charge in [-0.25, -0.2) is 0 Å². The summed E-state index contributed by atoms with van der Waals surface area (Å²) in [4.78, 5) is 62.4. The van der Waals surface area contributed by atoms with Gasteiger partial charge in [-0.3, -0.25) is 24.0 Å². The number of aliphatic hydroxyl groups is 6. The van der Waals surface area contributed by atoms with Crippen molar-refractivity contribution in [3.05, 3.63) is 60.8 Å². The third kappa shape index (κ3) is 89.3. The molecule has 0 aliphatic carbocycles. The van der Waals surface area contributed by atoms with Gasteiger partial charge >= 0.3 is 29.8 Å². The first-order valence-corrected chi connectivity index (χ1v) is 48.4. The largest absolute Gasteiger partial charge is 0.481 e. The first-order valence-electron chi connectivity index (χ1n) is 48.4. The Kier molecular flexibility index (Phi) is 90.7. The van der Waals surface area contributed by atoms with Crippen LogP contribution in [0.5, 0.6) is 0 Å². The second-order valence-electron chi connectivity index (χ2n) is 33.2. The summed E-state index contributed by atoms with van der Waals surface area (Å²) in [7, 11) is 0. The standard InChI is InChI=1S/C90H162O11.C9H20O7/c1-6-11-16-51-66-81(91)67-52-41-31-21-27-37-47-62-77-87(94)99-83(69-54-18-13-8-3)73-58-43-33-23-29-39-49-64-79-89(96)101-85(71-56-20-15-10-5)75-60-45-35-25-30-40-50-65-80-90(97)100-84(70-55-19-14-9-4)74-59-44-34-24-28-38-48-63-78-88(95)98-82(68-53-17-12-7-2)72-57-42-32-22-26-36-46-61-76-86(92)93;10-1-7(12)3-15-5-9(14)6-16-4-8(13)2-11/h41-45,52,57-60,81-85,91H,6-40,46-51,53-56,61-80H2,1-5H3,(H,92,93);7-14H,1-6H2/b52-41-,57-42-,58-43-,59-44-,60-45-;. The predicted molar refractivity (Wildman–Crippen MR) is 481 cm³/mol.